The van der Waals surface area contributed by atoms with Crippen molar-refractivity contribution in [2.75, 3.05) is 6.54 Å². The van der Waals surface area contributed by atoms with Crippen LogP contribution in [0.5, 0.6) is 11.5 Å². The number of ether oxygens (including phenoxy) is 2. The largest absolute Gasteiger partial charge is 0.586 e. The van der Waals surface area contributed by atoms with Crippen LogP contribution < -0.4 is 26.7 Å². The van der Waals surface area contributed by atoms with Gasteiger partial charge < -0.3 is 31.6 Å². The molecule has 2 aromatic rings. The van der Waals surface area contributed by atoms with Crippen molar-refractivity contribution < 1.29 is 27.8 Å². The van der Waals surface area contributed by atoms with Crippen LogP contribution in [0.1, 0.15) is 115 Å². The number of amides is 2. The van der Waals surface area contributed by atoms with Gasteiger partial charge in [-0.05, 0) is 91.2 Å². The molecule has 5 rings (SSSR count). The van der Waals surface area contributed by atoms with E-state index in [1.54, 1.807) is 18.2 Å². The number of nitrogens with one attached hydrogen (secondary N) is 2. The molecule has 1 atom stereocenters. The van der Waals surface area contributed by atoms with E-state index in [0.29, 0.717) is 36.3 Å². The summed E-state index contributed by atoms with van der Waals surface area (Å²) in [5.41, 5.74) is 6.59. The van der Waals surface area contributed by atoms with E-state index in [-0.39, 0.29) is 71.9 Å². The first kappa shape index (κ1) is 38.4. The standard InChI is InChI=1S/C35H45F2N5O4.CH4.H3N/c1-32(2,3)16-15-25(21-7-9-22(10-8-21)30(43)40-20-28(38)39)42-31(44)29(23-11-12-26-27(19-23)46-35(36,37)45-26)41-34(42)17-13-24(14-18-34)33(4,5)6;;/h7-12,19,24-25H,13-18,20H2,1-6H3,(H3,38,39)(H,40,43);1H4;1H3/t24?,25-,34?;;/m1../s1. The molecule has 2 amide bonds. The third-order valence-electron chi connectivity index (χ3n) is 9.35. The number of fused-ring (bicyclic) bond motifs is 1. The zero-order valence-corrected chi connectivity index (χ0v) is 28.2. The third kappa shape index (κ3) is 8.14. The van der Waals surface area contributed by atoms with Gasteiger partial charge in [-0.25, -0.2) is 0 Å². The van der Waals surface area contributed by atoms with E-state index in [1.807, 2.05) is 17.0 Å². The van der Waals surface area contributed by atoms with Gasteiger partial charge in [0.15, 0.2) is 11.5 Å². The van der Waals surface area contributed by atoms with E-state index in [9.17, 15) is 18.4 Å². The van der Waals surface area contributed by atoms with E-state index in [1.165, 1.54) is 12.1 Å². The molecular formula is C36H52F2N6O4. The van der Waals surface area contributed by atoms with Crippen molar-refractivity contribution in [1.29, 1.82) is 5.41 Å². The van der Waals surface area contributed by atoms with Crippen molar-refractivity contribution in [1.82, 2.24) is 16.4 Å². The van der Waals surface area contributed by atoms with Crippen LogP contribution >= 0.6 is 0 Å². The van der Waals surface area contributed by atoms with Crippen LogP contribution in [0.25, 0.3) is 0 Å². The van der Waals surface area contributed by atoms with E-state index in [0.717, 1.165) is 24.8 Å². The minimum atomic E-state index is -3.77. The molecule has 1 spiro atoms. The van der Waals surface area contributed by atoms with Gasteiger partial charge in [-0.3, -0.25) is 20.0 Å². The first-order valence-electron chi connectivity index (χ1n) is 15.9. The van der Waals surface area contributed by atoms with Gasteiger partial charge >= 0.3 is 6.29 Å². The number of carbonyl (C=O) groups excluding carboxylic acids is 2. The Balaban J connectivity index is 0.00000312. The molecule has 2 heterocycles. The van der Waals surface area contributed by atoms with Crippen LogP contribution in [0.15, 0.2) is 47.5 Å². The SMILES string of the molecule is C.CC(C)(C)CC[C@H](c1ccc(C(=O)NCC(=N)N)cc1)N1C(=O)C(c2ccc3c(c2)OC(F)(F)O3)=NC12CCC(C(C)(C)C)CC2.N. The second-order valence-electron chi connectivity index (χ2n) is 15.0. The number of hydrogen-bond acceptors (Lipinski definition) is 7. The Hall–Kier alpha value is -4.06. The highest BCUT2D eigenvalue weighted by molar-refractivity contribution is 6.47. The van der Waals surface area contributed by atoms with Gasteiger partial charge in [-0.2, -0.15) is 0 Å². The molecule has 48 heavy (non-hydrogen) atoms. The van der Waals surface area contributed by atoms with Crippen LogP contribution in [-0.4, -0.2) is 46.8 Å². The summed E-state index contributed by atoms with van der Waals surface area (Å²) in [6.45, 7) is 13.2. The Labute approximate surface area is 282 Å². The summed E-state index contributed by atoms with van der Waals surface area (Å²) in [6.07, 6.45) is 0.823. The summed E-state index contributed by atoms with van der Waals surface area (Å²) >= 11 is 0. The van der Waals surface area contributed by atoms with Crippen LogP contribution in [-0.2, 0) is 4.79 Å². The lowest BCUT2D eigenvalue weighted by atomic mass is 9.69. The third-order valence-corrected chi connectivity index (χ3v) is 9.35. The van der Waals surface area contributed by atoms with Crippen LogP contribution in [0.3, 0.4) is 0 Å². The highest BCUT2D eigenvalue weighted by atomic mass is 19.3. The summed E-state index contributed by atoms with van der Waals surface area (Å²) in [6, 6.07) is 11.2. The minimum Gasteiger partial charge on any atom is -0.395 e. The number of benzene rings is 2. The molecule has 7 N–H and O–H groups in total. The number of carbonyl (C=O) groups is 2. The quantitative estimate of drug-likeness (QED) is 0.167. The lowest BCUT2D eigenvalue weighted by Gasteiger charge is -2.47. The molecule has 0 unspecified atom stereocenters. The second kappa shape index (κ2) is 13.8. The van der Waals surface area contributed by atoms with Crippen molar-refractivity contribution in [3.05, 3.63) is 59.2 Å². The summed E-state index contributed by atoms with van der Waals surface area (Å²) in [5, 5.41) is 10.0. The Bertz CT molecular complexity index is 1540. The van der Waals surface area contributed by atoms with Gasteiger partial charge in [-0.1, -0.05) is 61.1 Å². The number of halogens is 2. The van der Waals surface area contributed by atoms with E-state index >= 15 is 0 Å². The summed E-state index contributed by atoms with van der Waals surface area (Å²) < 4.78 is 37.0. The Kier molecular flexibility index (Phi) is 11.0. The van der Waals surface area contributed by atoms with Gasteiger partial charge in [0.2, 0.25) is 0 Å². The van der Waals surface area contributed by atoms with Gasteiger partial charge in [0.05, 0.1) is 12.6 Å². The summed E-state index contributed by atoms with van der Waals surface area (Å²) in [4.78, 5) is 34.4. The second-order valence-corrected chi connectivity index (χ2v) is 15.0. The Morgan fingerprint density at radius 3 is 2.23 bits per heavy atom. The molecule has 2 aromatic carbocycles. The van der Waals surface area contributed by atoms with Crippen LogP contribution in [0.2, 0.25) is 0 Å². The zero-order valence-electron chi connectivity index (χ0n) is 28.2. The van der Waals surface area contributed by atoms with Gasteiger partial charge in [-0.15, -0.1) is 8.78 Å². The van der Waals surface area contributed by atoms with Crippen molar-refractivity contribution in [3.63, 3.8) is 0 Å². The number of hydrogen-bond donors (Lipinski definition) is 4. The molecule has 3 aliphatic rings. The highest BCUT2D eigenvalue weighted by Gasteiger charge is 2.53. The number of nitrogens with two attached hydrogens (primary N) is 1. The van der Waals surface area contributed by atoms with Crippen LogP contribution in [0.4, 0.5) is 8.78 Å². The first-order chi connectivity index (χ1) is 21.4. The van der Waals surface area contributed by atoms with Crippen molar-refractivity contribution in [2.45, 2.75) is 105 Å². The molecule has 1 aliphatic carbocycles. The molecule has 12 heteroatoms. The molecule has 0 radical (unpaired) electrons. The maximum absolute atomic E-state index is 14.6. The monoisotopic (exact) mass is 670 g/mol. The van der Waals surface area contributed by atoms with E-state index < -0.39 is 12.0 Å². The topological polar surface area (TPSA) is 165 Å². The number of alkyl halides is 2. The Morgan fingerprint density at radius 2 is 1.67 bits per heavy atom. The molecule has 10 nitrogen and oxygen atoms in total. The van der Waals surface area contributed by atoms with E-state index in [2.05, 4.69) is 51.6 Å². The van der Waals surface area contributed by atoms with Gasteiger partial charge in [0, 0.05) is 11.1 Å². The predicted octanol–water partition coefficient (Wildman–Crippen LogP) is 7.60. The number of rotatable bonds is 8. The average Bonchev–Trinajstić information content (AvgIpc) is 3.42. The molecule has 2 aliphatic heterocycles. The van der Waals surface area contributed by atoms with Crippen LogP contribution in [0, 0.1) is 22.2 Å². The van der Waals surface area contributed by atoms with Crippen molar-refractivity contribution in [3.8, 4) is 11.5 Å². The lowest BCUT2D eigenvalue weighted by molar-refractivity contribution is -0.286. The summed E-state index contributed by atoms with van der Waals surface area (Å²) in [5.74, 6) is -0.512. The molecule has 1 saturated carbocycles. The molecule has 0 bridgehead atoms. The first-order valence-corrected chi connectivity index (χ1v) is 15.9. The van der Waals surface area contributed by atoms with Crippen molar-refractivity contribution >= 4 is 23.4 Å². The summed E-state index contributed by atoms with van der Waals surface area (Å²) in [7, 11) is 0. The average molecular weight is 671 g/mol. The molecule has 264 valence electrons. The van der Waals surface area contributed by atoms with Gasteiger partial charge in [0.25, 0.3) is 11.8 Å². The zero-order chi connectivity index (χ0) is 33.7. The number of amidine groups is 1. The molecule has 0 aromatic heterocycles. The molecule has 1 fully saturated rings. The normalized spacial score (nSPS) is 22.0. The van der Waals surface area contributed by atoms with Crippen molar-refractivity contribution in [2.24, 2.45) is 27.5 Å². The lowest BCUT2D eigenvalue weighted by Crippen LogP contribution is -2.51. The molecular weight excluding hydrogens is 618 g/mol. The Morgan fingerprint density at radius 1 is 1.06 bits per heavy atom. The maximum atomic E-state index is 14.6. The molecule has 0 saturated heterocycles. The fraction of sp³-hybridized carbons (Fsp3) is 0.556. The fourth-order valence-corrected chi connectivity index (χ4v) is 6.78. The highest BCUT2D eigenvalue weighted by Crippen LogP contribution is 2.51. The smallest absolute Gasteiger partial charge is 0.395 e. The fourth-order valence-electron chi connectivity index (χ4n) is 6.78. The predicted molar refractivity (Wildman–Crippen MR) is 184 cm³/mol. The minimum absolute atomic E-state index is 0. The number of aliphatic imine (C=N–C) groups is 1. The maximum Gasteiger partial charge on any atom is 0.586 e. The van der Waals surface area contributed by atoms with Gasteiger partial charge in [0.1, 0.15) is 17.2 Å². The number of nitrogens with zero attached hydrogens (tertiary/aromatic N) is 2. The van der Waals surface area contributed by atoms with E-state index in [4.69, 9.17) is 20.9 Å².